The van der Waals surface area contributed by atoms with Gasteiger partial charge < -0.3 is 29.9 Å². The third-order valence-electron chi connectivity index (χ3n) is 11.1. The molecule has 0 aromatic heterocycles. The Balaban J connectivity index is 1.26. The van der Waals surface area contributed by atoms with E-state index >= 15 is 0 Å². The van der Waals surface area contributed by atoms with E-state index in [9.17, 15) is 25.2 Å². The molecule has 5 aliphatic rings. The molecule has 5 rings (SSSR count). The first-order valence-corrected chi connectivity index (χ1v) is 13.1. The van der Waals surface area contributed by atoms with Crippen LogP contribution in [0, 0.1) is 40.4 Å². The minimum atomic E-state index is -1.26. The third-order valence-corrected chi connectivity index (χ3v) is 11.1. The number of carboxylic acids is 1. The molecule has 4 N–H and O–H groups in total. The molecule has 0 radical (unpaired) electrons. The first-order chi connectivity index (χ1) is 15.6. The Labute approximate surface area is 196 Å². The third kappa shape index (κ3) is 3.68. The van der Waals surface area contributed by atoms with Crippen LogP contribution in [0.25, 0.3) is 0 Å². The Hall–Kier alpha value is -0.730. The first kappa shape index (κ1) is 24.0. The van der Waals surface area contributed by atoms with E-state index in [0.717, 1.165) is 51.4 Å². The van der Waals surface area contributed by atoms with Crippen LogP contribution >= 0.6 is 0 Å². The number of hydrogen-bond donors (Lipinski definition) is 4. The molecule has 1 saturated heterocycles. The highest BCUT2D eigenvalue weighted by Gasteiger charge is 2.61. The Morgan fingerprint density at radius 3 is 2.30 bits per heavy atom. The predicted molar refractivity (Wildman–Crippen MR) is 120 cm³/mol. The number of hydrogen-bond acceptors (Lipinski definition) is 6. The van der Waals surface area contributed by atoms with Gasteiger partial charge in [-0.05, 0) is 99.2 Å². The summed E-state index contributed by atoms with van der Waals surface area (Å²) in [6, 6.07) is 0. The van der Waals surface area contributed by atoms with Crippen LogP contribution in [-0.4, -0.2) is 63.2 Å². The van der Waals surface area contributed by atoms with Gasteiger partial charge in [-0.3, -0.25) is 4.79 Å². The highest BCUT2D eigenvalue weighted by Crippen LogP contribution is 2.67. The SMILES string of the molecule is C[C@H]1O[C@H](OC2CC[C@@]3(C)[C@H](CC[C@@H]4[C@@H]3CC[C@]3(C)[C@@H](C(=O)O)CC[C@@H]43)C2)[C@@H](O)[C@@H](O)[C@@H]1O. The van der Waals surface area contributed by atoms with Crippen molar-refractivity contribution in [2.45, 2.75) is 115 Å². The number of aliphatic hydroxyl groups excluding tert-OH is 3. The van der Waals surface area contributed by atoms with Crippen molar-refractivity contribution in [3.8, 4) is 0 Å². The normalized spacial score (nSPS) is 56.5. The Morgan fingerprint density at radius 1 is 0.879 bits per heavy atom. The van der Waals surface area contributed by atoms with Crippen LogP contribution in [0.15, 0.2) is 0 Å². The van der Waals surface area contributed by atoms with Crippen molar-refractivity contribution in [3.63, 3.8) is 0 Å². The van der Waals surface area contributed by atoms with Gasteiger partial charge in [-0.2, -0.15) is 0 Å². The van der Waals surface area contributed by atoms with Gasteiger partial charge in [0.15, 0.2) is 6.29 Å². The number of fused-ring (bicyclic) bond motifs is 5. The minimum Gasteiger partial charge on any atom is -0.481 e. The lowest BCUT2D eigenvalue weighted by molar-refractivity contribution is -0.309. The van der Waals surface area contributed by atoms with Crippen molar-refractivity contribution in [1.82, 2.24) is 0 Å². The number of carbonyl (C=O) groups is 1. The summed E-state index contributed by atoms with van der Waals surface area (Å²) in [4.78, 5) is 11.9. The first-order valence-electron chi connectivity index (χ1n) is 13.1. The summed E-state index contributed by atoms with van der Waals surface area (Å²) < 4.78 is 11.9. The van der Waals surface area contributed by atoms with Crippen LogP contribution in [0.2, 0.25) is 0 Å². The molecule has 1 unspecified atom stereocenters. The second-order valence-electron chi connectivity index (χ2n) is 12.4. The van der Waals surface area contributed by atoms with E-state index in [0.29, 0.717) is 23.7 Å². The molecule has 0 amide bonds. The average molecular weight is 467 g/mol. The molecule has 4 aliphatic carbocycles. The standard InChI is InChI=1S/C26H42O7/c1-13-20(27)21(28)22(29)24(32-13)33-15-8-10-25(2)14(12-15)4-5-16-17-6-7-19(23(30)31)26(17,3)11-9-18(16)25/h13-22,24,27-29H,4-12H2,1-3H3,(H,30,31)/t13-,14-,15?,16+,17+,18+,19-,20-,21+,22+,24-,25+,26+/m1/s1. The monoisotopic (exact) mass is 466 g/mol. The quantitative estimate of drug-likeness (QED) is 0.473. The summed E-state index contributed by atoms with van der Waals surface area (Å²) in [5.74, 6) is 1.58. The van der Waals surface area contributed by atoms with Gasteiger partial charge in [0.05, 0.1) is 18.1 Å². The summed E-state index contributed by atoms with van der Waals surface area (Å²) >= 11 is 0. The van der Waals surface area contributed by atoms with Crippen molar-refractivity contribution in [3.05, 3.63) is 0 Å². The topological polar surface area (TPSA) is 116 Å². The zero-order chi connectivity index (χ0) is 23.7. The van der Waals surface area contributed by atoms with E-state index in [1.54, 1.807) is 6.92 Å². The molecule has 4 saturated carbocycles. The van der Waals surface area contributed by atoms with E-state index in [2.05, 4.69) is 13.8 Å². The molecule has 33 heavy (non-hydrogen) atoms. The molecule has 5 fully saturated rings. The van der Waals surface area contributed by atoms with Gasteiger partial charge in [0.2, 0.25) is 0 Å². The molecule has 0 bridgehead atoms. The zero-order valence-electron chi connectivity index (χ0n) is 20.2. The largest absolute Gasteiger partial charge is 0.481 e. The summed E-state index contributed by atoms with van der Waals surface area (Å²) in [6.07, 6.45) is 4.12. The van der Waals surface area contributed by atoms with E-state index < -0.39 is 36.7 Å². The van der Waals surface area contributed by atoms with Crippen LogP contribution < -0.4 is 0 Å². The van der Waals surface area contributed by atoms with Gasteiger partial charge in [0.1, 0.15) is 18.3 Å². The maximum Gasteiger partial charge on any atom is 0.307 e. The fraction of sp³-hybridized carbons (Fsp3) is 0.962. The second kappa shape index (κ2) is 8.44. The summed E-state index contributed by atoms with van der Waals surface area (Å²) in [5.41, 5.74) is 0.202. The molecule has 1 aliphatic heterocycles. The van der Waals surface area contributed by atoms with Crippen LogP contribution in [0.4, 0.5) is 0 Å². The van der Waals surface area contributed by atoms with Gasteiger partial charge in [0.25, 0.3) is 0 Å². The van der Waals surface area contributed by atoms with Crippen LogP contribution in [0.5, 0.6) is 0 Å². The molecule has 13 atom stereocenters. The molecular formula is C26H42O7. The van der Waals surface area contributed by atoms with Gasteiger partial charge in [-0.25, -0.2) is 0 Å². The lowest BCUT2D eigenvalue weighted by Crippen LogP contribution is -2.59. The highest BCUT2D eigenvalue weighted by molar-refractivity contribution is 5.71. The number of aliphatic carboxylic acids is 1. The van der Waals surface area contributed by atoms with Crippen molar-refractivity contribution >= 4 is 5.97 Å². The molecule has 0 aromatic carbocycles. The molecule has 7 nitrogen and oxygen atoms in total. The molecule has 0 aromatic rings. The predicted octanol–water partition coefficient (Wildman–Crippen LogP) is 2.94. The van der Waals surface area contributed by atoms with E-state index in [4.69, 9.17) is 9.47 Å². The van der Waals surface area contributed by atoms with Gasteiger partial charge >= 0.3 is 5.97 Å². The second-order valence-corrected chi connectivity index (χ2v) is 12.4. The number of ether oxygens (including phenoxy) is 2. The lowest BCUT2D eigenvalue weighted by Gasteiger charge is -2.61. The Morgan fingerprint density at radius 2 is 1.58 bits per heavy atom. The van der Waals surface area contributed by atoms with Crippen LogP contribution in [-0.2, 0) is 14.3 Å². The maximum absolute atomic E-state index is 11.9. The molecule has 0 spiro atoms. The Kier molecular flexibility index (Phi) is 6.13. The summed E-state index contributed by atoms with van der Waals surface area (Å²) in [5, 5.41) is 40.2. The Bertz CT molecular complexity index is 759. The van der Waals surface area contributed by atoms with Crippen LogP contribution in [0.1, 0.15) is 78.6 Å². The van der Waals surface area contributed by atoms with Gasteiger partial charge in [0, 0.05) is 0 Å². The van der Waals surface area contributed by atoms with Crippen molar-refractivity contribution in [1.29, 1.82) is 0 Å². The summed E-state index contributed by atoms with van der Waals surface area (Å²) in [6.45, 7) is 6.40. The van der Waals surface area contributed by atoms with E-state index in [1.165, 1.54) is 6.42 Å². The molecule has 1 heterocycles. The fourth-order valence-electron chi connectivity index (χ4n) is 9.06. The molecular weight excluding hydrogens is 424 g/mol. The van der Waals surface area contributed by atoms with E-state index in [-0.39, 0.29) is 22.9 Å². The summed E-state index contributed by atoms with van der Waals surface area (Å²) in [7, 11) is 0. The number of aliphatic hydroxyl groups is 3. The van der Waals surface area contributed by atoms with Crippen molar-refractivity contribution in [2.75, 3.05) is 0 Å². The van der Waals surface area contributed by atoms with Crippen LogP contribution in [0.3, 0.4) is 0 Å². The highest BCUT2D eigenvalue weighted by atomic mass is 16.7. The maximum atomic E-state index is 11.9. The number of rotatable bonds is 3. The smallest absolute Gasteiger partial charge is 0.307 e. The zero-order valence-corrected chi connectivity index (χ0v) is 20.2. The number of carboxylic acid groups (broad SMARTS) is 1. The van der Waals surface area contributed by atoms with Gasteiger partial charge in [-0.15, -0.1) is 0 Å². The minimum absolute atomic E-state index is 0.0226. The lowest BCUT2D eigenvalue weighted by atomic mass is 9.44. The molecule has 7 heteroatoms. The molecule has 188 valence electrons. The average Bonchev–Trinajstić information content (AvgIpc) is 3.13. The van der Waals surface area contributed by atoms with Crippen molar-refractivity contribution in [2.24, 2.45) is 40.4 Å². The fourth-order valence-corrected chi connectivity index (χ4v) is 9.06. The van der Waals surface area contributed by atoms with E-state index in [1.807, 2.05) is 0 Å². The van der Waals surface area contributed by atoms with Crippen molar-refractivity contribution < 1.29 is 34.7 Å². The van der Waals surface area contributed by atoms with Gasteiger partial charge in [-0.1, -0.05) is 13.8 Å².